The van der Waals surface area contributed by atoms with Crippen LogP contribution in [-0.2, 0) is 12.3 Å². The second-order valence-electron chi connectivity index (χ2n) is 4.26. The van der Waals surface area contributed by atoms with Crippen molar-refractivity contribution in [2.75, 3.05) is 18.0 Å². The highest BCUT2D eigenvalue weighted by atomic mass is 19.3. The van der Waals surface area contributed by atoms with Gasteiger partial charge in [-0.15, -0.1) is 0 Å². The highest BCUT2D eigenvalue weighted by Gasteiger charge is 2.27. The van der Waals surface area contributed by atoms with E-state index in [0.29, 0.717) is 0 Å². The van der Waals surface area contributed by atoms with Gasteiger partial charge in [0.1, 0.15) is 0 Å². The minimum absolute atomic E-state index is 0.00611. The van der Waals surface area contributed by atoms with E-state index >= 15 is 0 Å². The van der Waals surface area contributed by atoms with E-state index < -0.39 is 5.92 Å². The van der Waals surface area contributed by atoms with E-state index in [1.54, 1.807) is 6.07 Å². The standard InChI is InChI=1S/C12H16F2N2/c1-3-16-6-4-5-10-11(16)7-9(8-15-10)12(2,13)14/h7-8H,3-6H2,1-2H3. The maximum Gasteiger partial charge on any atom is 0.272 e. The Bertz CT molecular complexity index is 385. The normalized spacial score (nSPS) is 16.1. The predicted molar refractivity (Wildman–Crippen MR) is 60.0 cm³/mol. The zero-order chi connectivity index (χ0) is 11.8. The average Bonchev–Trinajstić information content (AvgIpc) is 2.26. The fraction of sp³-hybridized carbons (Fsp3) is 0.583. The zero-order valence-corrected chi connectivity index (χ0v) is 9.63. The van der Waals surface area contributed by atoms with Crippen LogP contribution in [0.15, 0.2) is 12.3 Å². The van der Waals surface area contributed by atoms with Crippen molar-refractivity contribution in [2.45, 2.75) is 32.6 Å². The van der Waals surface area contributed by atoms with Crippen molar-refractivity contribution in [3.63, 3.8) is 0 Å². The fourth-order valence-electron chi connectivity index (χ4n) is 2.07. The number of nitrogens with zero attached hydrogens (tertiary/aromatic N) is 2. The molecule has 0 amide bonds. The van der Waals surface area contributed by atoms with Crippen LogP contribution in [0.5, 0.6) is 0 Å². The largest absolute Gasteiger partial charge is 0.370 e. The summed E-state index contributed by atoms with van der Waals surface area (Å²) in [5, 5.41) is 0. The first-order valence-corrected chi connectivity index (χ1v) is 5.64. The van der Waals surface area contributed by atoms with E-state index in [2.05, 4.69) is 9.88 Å². The summed E-state index contributed by atoms with van der Waals surface area (Å²) in [7, 11) is 0. The van der Waals surface area contributed by atoms with Gasteiger partial charge < -0.3 is 4.90 Å². The van der Waals surface area contributed by atoms with Crippen LogP contribution in [0.2, 0.25) is 0 Å². The van der Waals surface area contributed by atoms with Gasteiger partial charge in [0, 0.05) is 31.8 Å². The molecule has 88 valence electrons. The molecular formula is C12H16F2N2. The van der Waals surface area contributed by atoms with Crippen LogP contribution in [0, 0.1) is 0 Å². The van der Waals surface area contributed by atoms with Crippen molar-refractivity contribution in [1.29, 1.82) is 0 Å². The highest BCUT2D eigenvalue weighted by Crippen LogP contribution is 2.32. The first kappa shape index (κ1) is 11.3. The molecule has 1 aromatic heterocycles. The second kappa shape index (κ2) is 4.00. The summed E-state index contributed by atoms with van der Waals surface area (Å²) < 4.78 is 26.4. The highest BCUT2D eigenvalue weighted by molar-refractivity contribution is 5.54. The number of hydrogen-bond acceptors (Lipinski definition) is 2. The summed E-state index contributed by atoms with van der Waals surface area (Å²) in [6, 6.07) is 1.59. The maximum absolute atomic E-state index is 13.2. The molecule has 0 atom stereocenters. The molecule has 0 aromatic carbocycles. The van der Waals surface area contributed by atoms with Crippen LogP contribution < -0.4 is 4.90 Å². The molecule has 0 saturated carbocycles. The Balaban J connectivity index is 2.43. The molecule has 0 aliphatic carbocycles. The molecular weight excluding hydrogens is 210 g/mol. The summed E-state index contributed by atoms with van der Waals surface area (Å²) in [5.74, 6) is -2.81. The average molecular weight is 226 g/mol. The summed E-state index contributed by atoms with van der Waals surface area (Å²) in [6.45, 7) is 4.72. The molecule has 0 saturated heterocycles. The lowest BCUT2D eigenvalue weighted by atomic mass is 10.0. The minimum Gasteiger partial charge on any atom is -0.370 e. The molecule has 2 nitrogen and oxygen atoms in total. The van der Waals surface area contributed by atoms with Gasteiger partial charge >= 0.3 is 0 Å². The smallest absolute Gasteiger partial charge is 0.272 e. The first-order chi connectivity index (χ1) is 7.52. The van der Waals surface area contributed by atoms with E-state index in [1.165, 1.54) is 6.20 Å². The number of hydrogen-bond donors (Lipinski definition) is 0. The van der Waals surface area contributed by atoms with Gasteiger partial charge in [0.15, 0.2) is 0 Å². The molecule has 0 bridgehead atoms. The molecule has 0 spiro atoms. The van der Waals surface area contributed by atoms with Gasteiger partial charge in [0.25, 0.3) is 5.92 Å². The summed E-state index contributed by atoms with van der Waals surface area (Å²) in [6.07, 6.45) is 3.25. The van der Waals surface area contributed by atoms with E-state index in [9.17, 15) is 8.78 Å². The quantitative estimate of drug-likeness (QED) is 0.770. The van der Waals surface area contributed by atoms with Crippen molar-refractivity contribution in [2.24, 2.45) is 0 Å². The van der Waals surface area contributed by atoms with Crippen LogP contribution in [-0.4, -0.2) is 18.1 Å². The summed E-state index contributed by atoms with van der Waals surface area (Å²) in [4.78, 5) is 6.27. The van der Waals surface area contributed by atoms with Gasteiger partial charge in [0.05, 0.1) is 11.4 Å². The lowest BCUT2D eigenvalue weighted by molar-refractivity contribution is 0.0171. The number of aryl methyl sites for hydroxylation is 1. The van der Waals surface area contributed by atoms with Gasteiger partial charge in [-0.05, 0) is 25.8 Å². The summed E-state index contributed by atoms with van der Waals surface area (Å²) in [5.41, 5.74) is 1.83. The van der Waals surface area contributed by atoms with Crippen molar-refractivity contribution in [3.05, 3.63) is 23.5 Å². The van der Waals surface area contributed by atoms with Crippen LogP contribution in [0.1, 0.15) is 31.5 Å². The van der Waals surface area contributed by atoms with Crippen molar-refractivity contribution in [3.8, 4) is 0 Å². The maximum atomic E-state index is 13.2. The minimum atomic E-state index is -2.81. The molecule has 2 heterocycles. The van der Waals surface area contributed by atoms with Gasteiger partial charge in [-0.1, -0.05) is 0 Å². The third-order valence-electron chi connectivity index (χ3n) is 3.02. The van der Waals surface area contributed by atoms with Crippen molar-refractivity contribution < 1.29 is 8.78 Å². The van der Waals surface area contributed by atoms with E-state index in [1.807, 2.05) is 6.92 Å². The second-order valence-corrected chi connectivity index (χ2v) is 4.26. The molecule has 16 heavy (non-hydrogen) atoms. The van der Waals surface area contributed by atoms with Gasteiger partial charge in [-0.2, -0.15) is 0 Å². The number of alkyl halides is 2. The molecule has 4 heteroatoms. The molecule has 0 N–H and O–H groups in total. The van der Waals surface area contributed by atoms with Crippen molar-refractivity contribution in [1.82, 2.24) is 4.98 Å². The van der Waals surface area contributed by atoms with Crippen molar-refractivity contribution >= 4 is 5.69 Å². The Kier molecular flexibility index (Phi) is 2.82. The van der Waals surface area contributed by atoms with Crippen LogP contribution in [0.3, 0.4) is 0 Å². The molecule has 1 aliphatic heterocycles. The van der Waals surface area contributed by atoms with Crippen LogP contribution in [0.4, 0.5) is 14.5 Å². The SMILES string of the molecule is CCN1CCCc2ncc(C(C)(F)F)cc21. The number of aromatic nitrogens is 1. The number of halogens is 2. The van der Waals surface area contributed by atoms with E-state index in [4.69, 9.17) is 0 Å². The number of pyridine rings is 1. The lowest BCUT2D eigenvalue weighted by Crippen LogP contribution is -2.30. The number of rotatable bonds is 2. The Morgan fingerprint density at radius 2 is 2.25 bits per heavy atom. The van der Waals surface area contributed by atoms with Crippen LogP contribution >= 0.6 is 0 Å². The van der Waals surface area contributed by atoms with Crippen LogP contribution in [0.25, 0.3) is 0 Å². The Hall–Kier alpha value is -1.19. The lowest BCUT2D eigenvalue weighted by Gasteiger charge is -2.30. The Labute approximate surface area is 94.3 Å². The Morgan fingerprint density at radius 1 is 1.50 bits per heavy atom. The number of anilines is 1. The molecule has 1 aliphatic rings. The van der Waals surface area contributed by atoms with E-state index in [-0.39, 0.29) is 5.56 Å². The Morgan fingerprint density at radius 3 is 2.88 bits per heavy atom. The third-order valence-corrected chi connectivity index (χ3v) is 3.02. The number of fused-ring (bicyclic) bond motifs is 1. The van der Waals surface area contributed by atoms with Gasteiger partial charge in [-0.25, -0.2) is 8.78 Å². The predicted octanol–water partition coefficient (Wildman–Crippen LogP) is 2.97. The molecule has 0 unspecified atom stereocenters. The molecule has 1 aromatic rings. The van der Waals surface area contributed by atoms with Gasteiger partial charge in [-0.3, -0.25) is 4.98 Å². The fourth-order valence-corrected chi connectivity index (χ4v) is 2.07. The molecule has 2 rings (SSSR count). The molecule has 0 radical (unpaired) electrons. The molecule has 0 fully saturated rings. The topological polar surface area (TPSA) is 16.1 Å². The zero-order valence-electron chi connectivity index (χ0n) is 9.63. The third kappa shape index (κ3) is 2.01. The first-order valence-electron chi connectivity index (χ1n) is 5.64. The monoisotopic (exact) mass is 226 g/mol. The van der Waals surface area contributed by atoms with E-state index in [0.717, 1.165) is 44.2 Å². The summed E-state index contributed by atoms with van der Waals surface area (Å²) >= 11 is 0. The van der Waals surface area contributed by atoms with Gasteiger partial charge in [0.2, 0.25) is 0 Å².